The largest absolute Gasteiger partial charge is 0.480 e. The maximum absolute atomic E-state index is 10.5. The standard InChI is InChI=1S/C11H22N2O5/c1-2-3-4-5-11(18,13-7-10(16)17)8-12-6-9(14)15/h12-13,18H,2-8H2,1H3,(H,14,15)(H,16,17). The van der Waals surface area contributed by atoms with E-state index in [1.54, 1.807) is 0 Å². The monoisotopic (exact) mass is 262 g/mol. The molecular weight excluding hydrogens is 240 g/mol. The zero-order valence-corrected chi connectivity index (χ0v) is 10.6. The van der Waals surface area contributed by atoms with Crippen LogP contribution in [0.3, 0.4) is 0 Å². The molecule has 0 saturated carbocycles. The van der Waals surface area contributed by atoms with Gasteiger partial charge in [-0.05, 0) is 12.8 Å². The van der Waals surface area contributed by atoms with Crippen molar-refractivity contribution < 1.29 is 24.9 Å². The average molecular weight is 262 g/mol. The molecule has 0 bridgehead atoms. The van der Waals surface area contributed by atoms with E-state index in [0.717, 1.165) is 19.3 Å². The van der Waals surface area contributed by atoms with E-state index in [1.165, 1.54) is 0 Å². The SMILES string of the molecule is CCCCCC(O)(CNCC(=O)O)NCC(=O)O. The molecule has 0 aromatic carbocycles. The van der Waals surface area contributed by atoms with E-state index >= 15 is 0 Å². The predicted molar refractivity (Wildman–Crippen MR) is 65.2 cm³/mol. The van der Waals surface area contributed by atoms with Crippen molar-refractivity contribution in [3.63, 3.8) is 0 Å². The lowest BCUT2D eigenvalue weighted by molar-refractivity contribution is -0.139. The van der Waals surface area contributed by atoms with Gasteiger partial charge in [0.25, 0.3) is 0 Å². The first-order chi connectivity index (χ1) is 8.39. The topological polar surface area (TPSA) is 119 Å². The second-order valence-electron chi connectivity index (χ2n) is 4.23. The van der Waals surface area contributed by atoms with Crippen LogP contribution in [0, 0.1) is 0 Å². The molecule has 0 spiro atoms. The lowest BCUT2D eigenvalue weighted by atomic mass is 10.0. The maximum Gasteiger partial charge on any atom is 0.317 e. The molecule has 0 aliphatic carbocycles. The zero-order chi connectivity index (χ0) is 14.0. The lowest BCUT2D eigenvalue weighted by Gasteiger charge is -2.29. The van der Waals surface area contributed by atoms with Crippen molar-refractivity contribution >= 4 is 11.9 Å². The van der Waals surface area contributed by atoms with Gasteiger partial charge in [0.2, 0.25) is 0 Å². The quantitative estimate of drug-likeness (QED) is 0.254. The van der Waals surface area contributed by atoms with E-state index in [-0.39, 0.29) is 19.6 Å². The third kappa shape index (κ3) is 8.91. The van der Waals surface area contributed by atoms with Gasteiger partial charge >= 0.3 is 11.9 Å². The molecule has 0 heterocycles. The molecule has 0 aromatic heterocycles. The molecule has 1 unspecified atom stereocenters. The Morgan fingerprint density at radius 1 is 1.11 bits per heavy atom. The fourth-order valence-electron chi connectivity index (χ4n) is 1.52. The van der Waals surface area contributed by atoms with Crippen LogP contribution in [0.15, 0.2) is 0 Å². The van der Waals surface area contributed by atoms with Crippen LogP contribution < -0.4 is 10.6 Å². The molecule has 0 fully saturated rings. The normalized spacial score (nSPS) is 14.1. The van der Waals surface area contributed by atoms with Crippen LogP contribution in [-0.4, -0.2) is 52.6 Å². The van der Waals surface area contributed by atoms with E-state index in [2.05, 4.69) is 10.6 Å². The summed E-state index contributed by atoms with van der Waals surface area (Å²) in [6.45, 7) is 1.38. The Morgan fingerprint density at radius 3 is 2.22 bits per heavy atom. The number of nitrogens with one attached hydrogen (secondary N) is 2. The minimum Gasteiger partial charge on any atom is -0.480 e. The molecule has 0 aromatic rings. The highest BCUT2D eigenvalue weighted by atomic mass is 16.4. The van der Waals surface area contributed by atoms with Crippen LogP contribution in [0.25, 0.3) is 0 Å². The molecular formula is C11H22N2O5. The maximum atomic E-state index is 10.5. The average Bonchev–Trinajstić information content (AvgIpc) is 2.26. The van der Waals surface area contributed by atoms with E-state index in [4.69, 9.17) is 10.2 Å². The van der Waals surface area contributed by atoms with E-state index in [1.807, 2.05) is 6.92 Å². The Kier molecular flexibility index (Phi) is 8.27. The summed E-state index contributed by atoms with van der Waals surface area (Å²) in [5.74, 6) is -2.09. The summed E-state index contributed by atoms with van der Waals surface area (Å²) in [4.78, 5) is 20.8. The predicted octanol–water partition coefficient (Wildman–Crippen LogP) is -0.396. The molecule has 0 rings (SSSR count). The van der Waals surface area contributed by atoms with Crippen molar-refractivity contribution in [2.24, 2.45) is 0 Å². The van der Waals surface area contributed by atoms with Crippen molar-refractivity contribution in [1.29, 1.82) is 0 Å². The Balaban J connectivity index is 4.19. The first-order valence-electron chi connectivity index (χ1n) is 6.01. The molecule has 18 heavy (non-hydrogen) atoms. The Bertz CT molecular complexity index is 272. The minimum absolute atomic E-state index is 0.00368. The second kappa shape index (κ2) is 8.84. The molecule has 5 N–H and O–H groups in total. The van der Waals surface area contributed by atoms with Crippen molar-refractivity contribution in [3.8, 4) is 0 Å². The molecule has 1 atom stereocenters. The summed E-state index contributed by atoms with van der Waals surface area (Å²) < 4.78 is 0. The van der Waals surface area contributed by atoms with Crippen LogP contribution in [0.4, 0.5) is 0 Å². The van der Waals surface area contributed by atoms with Crippen molar-refractivity contribution in [1.82, 2.24) is 10.6 Å². The molecule has 7 heteroatoms. The number of unbranched alkanes of at least 4 members (excludes halogenated alkanes) is 2. The second-order valence-corrected chi connectivity index (χ2v) is 4.23. The molecule has 0 radical (unpaired) electrons. The molecule has 0 amide bonds. The number of carbonyl (C=O) groups is 2. The first-order valence-corrected chi connectivity index (χ1v) is 6.01. The number of carboxylic acid groups (broad SMARTS) is 2. The number of rotatable bonds is 11. The Hall–Kier alpha value is -1.18. The van der Waals surface area contributed by atoms with Crippen molar-refractivity contribution in [2.75, 3.05) is 19.6 Å². The smallest absolute Gasteiger partial charge is 0.317 e. The van der Waals surface area contributed by atoms with Crippen LogP contribution >= 0.6 is 0 Å². The molecule has 0 aliphatic rings. The summed E-state index contributed by atoms with van der Waals surface area (Å²) in [6, 6.07) is 0. The highest BCUT2D eigenvalue weighted by Gasteiger charge is 2.26. The Labute approximate surface area is 106 Å². The van der Waals surface area contributed by atoms with Gasteiger partial charge in [-0.25, -0.2) is 0 Å². The summed E-state index contributed by atoms with van der Waals surface area (Å²) >= 11 is 0. The summed E-state index contributed by atoms with van der Waals surface area (Å²) in [7, 11) is 0. The number of carboxylic acids is 2. The number of hydrogen-bond donors (Lipinski definition) is 5. The molecule has 7 nitrogen and oxygen atoms in total. The number of hydrogen-bond acceptors (Lipinski definition) is 5. The third-order valence-corrected chi connectivity index (χ3v) is 2.46. The van der Waals surface area contributed by atoms with Gasteiger partial charge < -0.3 is 20.6 Å². The number of aliphatic carboxylic acids is 2. The molecule has 0 aliphatic heterocycles. The van der Waals surface area contributed by atoms with Crippen LogP contribution in [-0.2, 0) is 9.59 Å². The molecule has 0 saturated heterocycles. The summed E-state index contributed by atoms with van der Waals surface area (Å²) in [5, 5.41) is 32.3. The van der Waals surface area contributed by atoms with Crippen molar-refractivity contribution in [3.05, 3.63) is 0 Å². The van der Waals surface area contributed by atoms with Gasteiger partial charge in [0.1, 0.15) is 5.72 Å². The highest BCUT2D eigenvalue weighted by Crippen LogP contribution is 2.11. The van der Waals surface area contributed by atoms with Gasteiger partial charge in [0.05, 0.1) is 13.1 Å². The molecule has 106 valence electrons. The van der Waals surface area contributed by atoms with Gasteiger partial charge in [-0.1, -0.05) is 19.8 Å². The van der Waals surface area contributed by atoms with E-state index in [0.29, 0.717) is 6.42 Å². The van der Waals surface area contributed by atoms with Crippen LogP contribution in [0.1, 0.15) is 32.6 Å². The lowest BCUT2D eigenvalue weighted by Crippen LogP contribution is -2.54. The van der Waals surface area contributed by atoms with E-state index in [9.17, 15) is 14.7 Å². The van der Waals surface area contributed by atoms with E-state index < -0.39 is 17.7 Å². The zero-order valence-electron chi connectivity index (χ0n) is 10.6. The third-order valence-electron chi connectivity index (χ3n) is 2.46. The Morgan fingerprint density at radius 2 is 1.72 bits per heavy atom. The fourth-order valence-corrected chi connectivity index (χ4v) is 1.52. The van der Waals surface area contributed by atoms with Crippen molar-refractivity contribution in [2.45, 2.75) is 38.3 Å². The minimum atomic E-state index is -1.39. The van der Waals surface area contributed by atoms with Gasteiger partial charge in [-0.2, -0.15) is 0 Å². The van der Waals surface area contributed by atoms with Gasteiger partial charge in [0.15, 0.2) is 0 Å². The summed E-state index contributed by atoms with van der Waals surface area (Å²) in [5.41, 5.74) is -1.39. The summed E-state index contributed by atoms with van der Waals surface area (Å²) in [6.07, 6.45) is 3.03. The van der Waals surface area contributed by atoms with Crippen LogP contribution in [0.5, 0.6) is 0 Å². The fraction of sp³-hybridized carbons (Fsp3) is 0.818. The number of aliphatic hydroxyl groups is 1. The van der Waals surface area contributed by atoms with Gasteiger partial charge in [-0.15, -0.1) is 0 Å². The van der Waals surface area contributed by atoms with Crippen LogP contribution in [0.2, 0.25) is 0 Å². The van der Waals surface area contributed by atoms with Gasteiger partial charge in [-0.3, -0.25) is 14.9 Å². The first kappa shape index (κ1) is 16.8. The van der Waals surface area contributed by atoms with Gasteiger partial charge in [0, 0.05) is 6.54 Å². The highest BCUT2D eigenvalue weighted by molar-refractivity contribution is 5.69.